The maximum Gasteiger partial charge on any atom is 0.274 e. The molecule has 2 amide bonds. The summed E-state index contributed by atoms with van der Waals surface area (Å²) in [5.74, 6) is 0.154. The molecule has 0 bridgehead atoms. The molecule has 4 rings (SSSR count). The van der Waals surface area contributed by atoms with Gasteiger partial charge in [0.05, 0.1) is 5.56 Å². The van der Waals surface area contributed by atoms with Crippen LogP contribution in [0, 0.1) is 0 Å². The average Bonchev–Trinajstić information content (AvgIpc) is 2.94. The molecular formula is C24H31N3O3. The van der Waals surface area contributed by atoms with Gasteiger partial charge in [0.2, 0.25) is 0 Å². The fourth-order valence-corrected chi connectivity index (χ4v) is 4.59. The fourth-order valence-electron chi connectivity index (χ4n) is 4.59. The van der Waals surface area contributed by atoms with E-state index >= 15 is 0 Å². The van der Waals surface area contributed by atoms with E-state index in [0.29, 0.717) is 16.9 Å². The minimum Gasteiger partial charge on any atom is -0.443 e. The van der Waals surface area contributed by atoms with E-state index in [9.17, 15) is 9.59 Å². The highest BCUT2D eigenvalue weighted by Gasteiger charge is 2.26. The van der Waals surface area contributed by atoms with Crippen molar-refractivity contribution in [2.45, 2.75) is 70.3 Å². The lowest BCUT2D eigenvalue weighted by Crippen LogP contribution is -2.35. The van der Waals surface area contributed by atoms with Crippen molar-refractivity contribution in [3.05, 3.63) is 41.9 Å². The number of amides is 2. The van der Waals surface area contributed by atoms with Crippen LogP contribution < -0.4 is 5.32 Å². The maximum absolute atomic E-state index is 13.3. The van der Waals surface area contributed by atoms with Crippen LogP contribution in [0.4, 0.5) is 0 Å². The lowest BCUT2D eigenvalue weighted by molar-refractivity contribution is 0.0761. The van der Waals surface area contributed by atoms with Crippen LogP contribution in [-0.4, -0.2) is 40.8 Å². The van der Waals surface area contributed by atoms with E-state index in [1.807, 2.05) is 29.2 Å². The van der Waals surface area contributed by atoms with E-state index in [1.165, 1.54) is 32.1 Å². The monoisotopic (exact) mass is 409 g/mol. The molecule has 0 radical (unpaired) electrons. The minimum atomic E-state index is -0.220. The van der Waals surface area contributed by atoms with Gasteiger partial charge in [0.25, 0.3) is 11.8 Å². The molecule has 160 valence electrons. The molecule has 2 heterocycles. The van der Waals surface area contributed by atoms with Crippen molar-refractivity contribution in [3.8, 4) is 11.3 Å². The summed E-state index contributed by atoms with van der Waals surface area (Å²) in [6.07, 6.45) is 12.4. The van der Waals surface area contributed by atoms with Crippen molar-refractivity contribution in [1.82, 2.24) is 15.2 Å². The number of hydrogen-bond acceptors (Lipinski definition) is 4. The normalized spacial score (nSPS) is 18.5. The van der Waals surface area contributed by atoms with Gasteiger partial charge >= 0.3 is 0 Å². The van der Waals surface area contributed by atoms with Crippen molar-refractivity contribution < 1.29 is 14.0 Å². The van der Waals surface area contributed by atoms with Gasteiger partial charge in [-0.2, -0.15) is 0 Å². The molecule has 1 saturated carbocycles. The van der Waals surface area contributed by atoms with Gasteiger partial charge in [0.1, 0.15) is 0 Å². The Bertz CT molecular complexity index is 860. The number of carbonyl (C=O) groups excluding carboxylic acids is 2. The Kier molecular flexibility index (Phi) is 6.82. The summed E-state index contributed by atoms with van der Waals surface area (Å²) in [6.45, 7) is 1.55. The van der Waals surface area contributed by atoms with Crippen molar-refractivity contribution >= 4 is 11.8 Å². The third kappa shape index (κ3) is 4.74. The summed E-state index contributed by atoms with van der Waals surface area (Å²) < 4.78 is 5.65. The summed E-state index contributed by atoms with van der Waals surface area (Å²) in [5, 5.41) is 3.13. The number of likely N-dealkylation sites (tertiary alicyclic amines) is 1. The molecule has 2 fully saturated rings. The number of benzene rings is 1. The number of rotatable bonds is 4. The van der Waals surface area contributed by atoms with Crippen LogP contribution in [0.5, 0.6) is 0 Å². The summed E-state index contributed by atoms with van der Waals surface area (Å²) >= 11 is 0. The topological polar surface area (TPSA) is 75.4 Å². The van der Waals surface area contributed by atoms with E-state index in [1.54, 1.807) is 0 Å². The van der Waals surface area contributed by atoms with E-state index in [4.69, 9.17) is 4.42 Å². The first-order valence-electron chi connectivity index (χ1n) is 11.4. The highest BCUT2D eigenvalue weighted by atomic mass is 16.3. The van der Waals surface area contributed by atoms with Crippen molar-refractivity contribution in [3.63, 3.8) is 0 Å². The van der Waals surface area contributed by atoms with Crippen molar-refractivity contribution in [2.24, 2.45) is 0 Å². The zero-order chi connectivity index (χ0) is 20.8. The second kappa shape index (κ2) is 9.92. The molecule has 6 heteroatoms. The lowest BCUT2D eigenvalue weighted by Gasteiger charge is -2.21. The van der Waals surface area contributed by atoms with Crippen LogP contribution >= 0.6 is 0 Å². The van der Waals surface area contributed by atoms with E-state index < -0.39 is 0 Å². The zero-order valence-electron chi connectivity index (χ0n) is 17.6. The van der Waals surface area contributed by atoms with Gasteiger partial charge in [0.15, 0.2) is 17.8 Å². The number of nitrogens with zero attached hydrogens (tertiary/aromatic N) is 2. The van der Waals surface area contributed by atoms with Crippen LogP contribution in [0.25, 0.3) is 11.3 Å². The van der Waals surface area contributed by atoms with E-state index in [-0.39, 0.29) is 23.6 Å². The molecule has 6 nitrogen and oxygen atoms in total. The Hall–Kier alpha value is -2.63. The van der Waals surface area contributed by atoms with Gasteiger partial charge in [-0.3, -0.25) is 9.59 Å². The van der Waals surface area contributed by atoms with Gasteiger partial charge in [-0.25, -0.2) is 4.98 Å². The van der Waals surface area contributed by atoms with Gasteiger partial charge in [-0.05, 0) is 31.7 Å². The molecule has 30 heavy (non-hydrogen) atoms. The van der Waals surface area contributed by atoms with Gasteiger partial charge in [-0.1, -0.05) is 56.7 Å². The Morgan fingerprint density at radius 3 is 2.33 bits per heavy atom. The maximum atomic E-state index is 13.3. The summed E-state index contributed by atoms with van der Waals surface area (Å²) in [6, 6.07) is 7.56. The summed E-state index contributed by atoms with van der Waals surface area (Å²) in [4.78, 5) is 32.4. The summed E-state index contributed by atoms with van der Waals surface area (Å²) in [5.41, 5.74) is 1.46. The molecule has 1 aromatic carbocycles. The number of oxazole rings is 1. The predicted octanol–water partition coefficient (Wildman–Crippen LogP) is 4.81. The third-order valence-corrected chi connectivity index (χ3v) is 6.27. The standard InChI is InChI=1S/C24H31N3O3/c28-23(26-18-11-5-1-2-6-12-18)21-22(30-17-25-21)19-13-7-8-14-20(19)24(29)27-15-9-3-4-10-16-27/h7-8,13-14,17-18H,1-6,9-12,15-16H2,(H,26,28). The first-order chi connectivity index (χ1) is 14.7. The molecule has 0 unspecified atom stereocenters. The molecular weight excluding hydrogens is 378 g/mol. The molecule has 0 atom stereocenters. The smallest absolute Gasteiger partial charge is 0.274 e. The molecule has 1 aromatic heterocycles. The van der Waals surface area contributed by atoms with E-state index in [0.717, 1.165) is 51.6 Å². The van der Waals surface area contributed by atoms with E-state index in [2.05, 4.69) is 10.3 Å². The molecule has 1 aliphatic heterocycles. The summed E-state index contributed by atoms with van der Waals surface area (Å²) in [7, 11) is 0. The quantitative estimate of drug-likeness (QED) is 0.735. The fraction of sp³-hybridized carbons (Fsp3) is 0.542. The number of carbonyl (C=O) groups is 2. The average molecular weight is 410 g/mol. The Morgan fingerprint density at radius 1 is 0.933 bits per heavy atom. The Labute approximate surface area is 178 Å². The van der Waals surface area contributed by atoms with Crippen LogP contribution in [0.2, 0.25) is 0 Å². The Morgan fingerprint density at radius 2 is 1.60 bits per heavy atom. The predicted molar refractivity (Wildman–Crippen MR) is 115 cm³/mol. The van der Waals surface area contributed by atoms with Gasteiger partial charge < -0.3 is 14.6 Å². The highest BCUT2D eigenvalue weighted by Crippen LogP contribution is 2.29. The first kappa shape index (κ1) is 20.6. The molecule has 1 aliphatic carbocycles. The molecule has 0 spiro atoms. The second-order valence-electron chi connectivity index (χ2n) is 8.44. The van der Waals surface area contributed by atoms with Gasteiger partial charge in [0, 0.05) is 24.7 Å². The Balaban J connectivity index is 1.57. The largest absolute Gasteiger partial charge is 0.443 e. The third-order valence-electron chi connectivity index (χ3n) is 6.27. The van der Waals surface area contributed by atoms with Crippen molar-refractivity contribution in [1.29, 1.82) is 0 Å². The zero-order valence-corrected chi connectivity index (χ0v) is 17.6. The van der Waals surface area contributed by atoms with Crippen LogP contribution in [0.1, 0.15) is 85.1 Å². The minimum absolute atomic E-state index is 0.000902. The van der Waals surface area contributed by atoms with Crippen molar-refractivity contribution in [2.75, 3.05) is 13.1 Å². The second-order valence-corrected chi connectivity index (χ2v) is 8.44. The molecule has 1 saturated heterocycles. The lowest BCUT2D eigenvalue weighted by atomic mass is 10.0. The van der Waals surface area contributed by atoms with Gasteiger partial charge in [-0.15, -0.1) is 0 Å². The SMILES string of the molecule is O=C(NC1CCCCCC1)c1ncoc1-c1ccccc1C(=O)N1CCCCCC1. The number of aromatic nitrogens is 1. The number of hydrogen-bond donors (Lipinski definition) is 1. The van der Waals surface area contributed by atoms with Crippen LogP contribution in [0.15, 0.2) is 35.1 Å². The van der Waals surface area contributed by atoms with Crippen LogP contribution in [0.3, 0.4) is 0 Å². The first-order valence-corrected chi connectivity index (χ1v) is 11.4. The molecule has 1 N–H and O–H groups in total. The molecule has 2 aliphatic rings. The molecule has 2 aromatic rings. The number of nitrogens with one attached hydrogen (secondary N) is 1. The van der Waals surface area contributed by atoms with Crippen LogP contribution in [-0.2, 0) is 0 Å². The highest BCUT2D eigenvalue weighted by molar-refractivity contribution is 6.04.